The number of rotatable bonds is 5. The van der Waals surface area contributed by atoms with Crippen molar-refractivity contribution in [3.8, 4) is 11.5 Å². The molecule has 0 aliphatic carbocycles. The molecule has 1 amide bonds. The second-order valence-corrected chi connectivity index (χ2v) is 6.39. The number of thiazole rings is 1. The van der Waals surface area contributed by atoms with Crippen molar-refractivity contribution < 1.29 is 14.3 Å². The van der Waals surface area contributed by atoms with E-state index in [-0.39, 0.29) is 5.91 Å². The quantitative estimate of drug-likeness (QED) is 0.842. The third-order valence-corrected chi connectivity index (χ3v) is 4.64. The Morgan fingerprint density at radius 1 is 1.26 bits per heavy atom. The molecule has 23 heavy (non-hydrogen) atoms. The van der Waals surface area contributed by atoms with Crippen molar-refractivity contribution in [2.45, 2.75) is 25.9 Å². The normalized spacial score (nSPS) is 14.6. The molecule has 0 atom stereocenters. The Kier molecular flexibility index (Phi) is 5.12. The zero-order valence-electron chi connectivity index (χ0n) is 13.2. The van der Waals surface area contributed by atoms with Crippen LogP contribution in [0.4, 0.5) is 0 Å². The van der Waals surface area contributed by atoms with Gasteiger partial charge in [-0.25, -0.2) is 4.98 Å². The van der Waals surface area contributed by atoms with E-state index in [2.05, 4.69) is 4.98 Å². The average Bonchev–Trinajstić information content (AvgIpc) is 3.09. The number of methoxy groups -OCH3 is 1. The van der Waals surface area contributed by atoms with Gasteiger partial charge in [-0.2, -0.15) is 0 Å². The molecule has 0 saturated carbocycles. The highest BCUT2D eigenvalue weighted by Gasteiger charge is 2.20. The first-order valence-electron chi connectivity index (χ1n) is 7.77. The second-order valence-electron chi connectivity index (χ2n) is 5.45. The van der Waals surface area contributed by atoms with E-state index in [1.807, 2.05) is 34.5 Å². The Labute approximate surface area is 139 Å². The van der Waals surface area contributed by atoms with Gasteiger partial charge < -0.3 is 14.4 Å². The molecule has 5 nitrogen and oxygen atoms in total. The number of amides is 1. The molecule has 6 heteroatoms. The summed E-state index contributed by atoms with van der Waals surface area (Å²) in [7, 11) is 1.62. The molecule has 0 N–H and O–H groups in total. The zero-order valence-corrected chi connectivity index (χ0v) is 14.0. The number of likely N-dealkylation sites (tertiary alicyclic amines) is 1. The Balaban J connectivity index is 1.59. The predicted octanol–water partition coefficient (Wildman–Crippen LogP) is 3.36. The van der Waals surface area contributed by atoms with Crippen LogP contribution < -0.4 is 9.47 Å². The van der Waals surface area contributed by atoms with E-state index in [1.54, 1.807) is 7.11 Å². The molecule has 0 spiro atoms. The van der Waals surface area contributed by atoms with Crippen LogP contribution in [0.3, 0.4) is 0 Å². The fourth-order valence-corrected chi connectivity index (χ4v) is 3.25. The molecule has 2 heterocycles. The fraction of sp³-hybridized carbons (Fsp3) is 0.412. The zero-order chi connectivity index (χ0) is 16.1. The van der Waals surface area contributed by atoms with Crippen LogP contribution >= 0.6 is 11.3 Å². The molecule has 1 aliphatic heterocycles. The van der Waals surface area contributed by atoms with Crippen molar-refractivity contribution in [1.82, 2.24) is 9.88 Å². The van der Waals surface area contributed by atoms with Gasteiger partial charge in [0.1, 0.15) is 28.8 Å². The minimum absolute atomic E-state index is 0.0357. The van der Waals surface area contributed by atoms with Crippen LogP contribution in [-0.4, -0.2) is 36.0 Å². The summed E-state index contributed by atoms with van der Waals surface area (Å²) < 4.78 is 10.9. The summed E-state index contributed by atoms with van der Waals surface area (Å²) in [5.74, 6) is 1.51. The molecular formula is C17H20N2O3S. The van der Waals surface area contributed by atoms with Gasteiger partial charge in [-0.05, 0) is 31.4 Å². The summed E-state index contributed by atoms with van der Waals surface area (Å²) in [4.78, 5) is 18.7. The summed E-state index contributed by atoms with van der Waals surface area (Å²) >= 11 is 1.46. The summed E-state index contributed by atoms with van der Waals surface area (Å²) in [5.41, 5.74) is 0.529. The predicted molar refractivity (Wildman–Crippen MR) is 89.2 cm³/mol. The van der Waals surface area contributed by atoms with E-state index in [4.69, 9.17) is 9.47 Å². The third kappa shape index (κ3) is 4.01. The number of carbonyl (C=O) groups is 1. The minimum atomic E-state index is 0.0357. The molecular weight excluding hydrogens is 312 g/mol. The smallest absolute Gasteiger partial charge is 0.273 e. The van der Waals surface area contributed by atoms with E-state index in [9.17, 15) is 4.79 Å². The number of ether oxygens (including phenoxy) is 2. The number of aromatic nitrogens is 1. The Hall–Kier alpha value is -2.08. The Bertz CT molecular complexity index is 665. The molecule has 0 bridgehead atoms. The molecule has 0 unspecified atom stereocenters. The van der Waals surface area contributed by atoms with Crippen molar-refractivity contribution in [2.75, 3.05) is 20.2 Å². The van der Waals surface area contributed by atoms with Crippen LogP contribution in [0.1, 0.15) is 34.8 Å². The van der Waals surface area contributed by atoms with Crippen molar-refractivity contribution in [3.63, 3.8) is 0 Å². The van der Waals surface area contributed by atoms with Gasteiger partial charge in [0.05, 0.1) is 7.11 Å². The van der Waals surface area contributed by atoms with E-state index in [0.29, 0.717) is 12.3 Å². The first kappa shape index (κ1) is 15.8. The molecule has 1 aromatic heterocycles. The summed E-state index contributed by atoms with van der Waals surface area (Å²) in [6, 6.07) is 7.44. The first-order chi connectivity index (χ1) is 11.3. The molecule has 1 saturated heterocycles. The van der Waals surface area contributed by atoms with Crippen LogP contribution in [0, 0.1) is 0 Å². The topological polar surface area (TPSA) is 51.7 Å². The lowest BCUT2D eigenvalue weighted by Crippen LogP contribution is -2.35. The highest BCUT2D eigenvalue weighted by Crippen LogP contribution is 2.21. The maximum atomic E-state index is 12.4. The van der Waals surface area contributed by atoms with E-state index in [1.165, 1.54) is 17.8 Å². The number of nitrogens with zero attached hydrogens (tertiary/aromatic N) is 2. The first-order valence-corrected chi connectivity index (χ1v) is 8.65. The van der Waals surface area contributed by atoms with Crippen LogP contribution in [0.5, 0.6) is 11.5 Å². The largest absolute Gasteiger partial charge is 0.497 e. The summed E-state index contributed by atoms with van der Waals surface area (Å²) in [6.45, 7) is 2.03. The number of carbonyl (C=O) groups excluding carboxylic acids is 1. The molecule has 0 radical (unpaired) electrons. The van der Waals surface area contributed by atoms with Gasteiger partial charge in [-0.3, -0.25) is 4.79 Å². The van der Waals surface area contributed by atoms with Crippen molar-refractivity contribution >= 4 is 17.2 Å². The molecule has 1 aromatic carbocycles. The van der Waals surface area contributed by atoms with E-state index < -0.39 is 0 Å². The Morgan fingerprint density at radius 3 is 2.83 bits per heavy atom. The van der Waals surface area contributed by atoms with Gasteiger partial charge in [0.2, 0.25) is 0 Å². The molecule has 1 fully saturated rings. The van der Waals surface area contributed by atoms with Crippen molar-refractivity contribution in [3.05, 3.63) is 40.3 Å². The summed E-state index contributed by atoms with van der Waals surface area (Å²) in [5, 5.41) is 2.62. The van der Waals surface area contributed by atoms with Gasteiger partial charge in [0.25, 0.3) is 5.91 Å². The number of benzene rings is 1. The molecule has 1 aliphatic rings. The van der Waals surface area contributed by atoms with Crippen LogP contribution in [0.2, 0.25) is 0 Å². The van der Waals surface area contributed by atoms with Crippen molar-refractivity contribution in [2.24, 2.45) is 0 Å². The Morgan fingerprint density at radius 2 is 2.04 bits per heavy atom. The van der Waals surface area contributed by atoms with Crippen LogP contribution in [0.25, 0.3) is 0 Å². The number of hydrogen-bond donors (Lipinski definition) is 0. The van der Waals surface area contributed by atoms with Crippen molar-refractivity contribution in [1.29, 1.82) is 0 Å². The third-order valence-electron chi connectivity index (χ3n) is 3.82. The lowest BCUT2D eigenvalue weighted by molar-refractivity contribution is 0.0719. The van der Waals surface area contributed by atoms with E-state index in [0.717, 1.165) is 42.4 Å². The second kappa shape index (κ2) is 7.46. The maximum absolute atomic E-state index is 12.4. The molecule has 2 aromatic rings. The monoisotopic (exact) mass is 332 g/mol. The van der Waals surface area contributed by atoms with Gasteiger partial charge in [0, 0.05) is 24.5 Å². The average molecular weight is 332 g/mol. The van der Waals surface area contributed by atoms with E-state index >= 15 is 0 Å². The minimum Gasteiger partial charge on any atom is -0.497 e. The lowest BCUT2D eigenvalue weighted by atomic mass is 10.1. The van der Waals surface area contributed by atoms with Gasteiger partial charge in [-0.1, -0.05) is 6.07 Å². The van der Waals surface area contributed by atoms with Crippen LogP contribution in [0.15, 0.2) is 29.6 Å². The molecule has 122 valence electrons. The fourth-order valence-electron chi connectivity index (χ4n) is 2.57. The maximum Gasteiger partial charge on any atom is 0.273 e. The number of hydrogen-bond acceptors (Lipinski definition) is 5. The SMILES string of the molecule is COc1cccc(OCc2nc(C(=O)N3CCCCC3)cs2)c1. The number of piperidine rings is 1. The standard InChI is InChI=1S/C17H20N2O3S/c1-21-13-6-5-7-14(10-13)22-11-16-18-15(12-23-16)17(20)19-8-3-2-4-9-19/h5-7,10,12H,2-4,8-9,11H2,1H3. The highest BCUT2D eigenvalue weighted by atomic mass is 32.1. The van der Waals surface area contributed by atoms with Gasteiger partial charge in [-0.15, -0.1) is 11.3 Å². The lowest BCUT2D eigenvalue weighted by Gasteiger charge is -2.25. The molecule has 3 rings (SSSR count). The van der Waals surface area contributed by atoms with Gasteiger partial charge >= 0.3 is 0 Å². The summed E-state index contributed by atoms with van der Waals surface area (Å²) in [6.07, 6.45) is 3.38. The van der Waals surface area contributed by atoms with Gasteiger partial charge in [0.15, 0.2) is 0 Å². The highest BCUT2D eigenvalue weighted by molar-refractivity contribution is 7.09. The van der Waals surface area contributed by atoms with Crippen LogP contribution in [-0.2, 0) is 6.61 Å².